The molecule has 1 rings (SSSR count). The Morgan fingerprint density at radius 1 is 1.56 bits per heavy atom. The third-order valence-corrected chi connectivity index (χ3v) is 2.84. The van der Waals surface area contributed by atoms with Crippen molar-refractivity contribution in [3.05, 3.63) is 38.9 Å². The highest BCUT2D eigenvalue weighted by atomic mass is 79.9. The summed E-state index contributed by atoms with van der Waals surface area (Å²) in [5, 5.41) is 20.0. The van der Waals surface area contributed by atoms with Gasteiger partial charge < -0.3 is 5.11 Å². The van der Waals surface area contributed by atoms with Crippen LogP contribution in [-0.2, 0) is 16.5 Å². The molecule has 86 valence electrons. The second kappa shape index (κ2) is 5.07. The lowest BCUT2D eigenvalue weighted by molar-refractivity contribution is -0.385. The second-order valence-electron chi connectivity index (χ2n) is 3.37. The van der Waals surface area contributed by atoms with Gasteiger partial charge in [0.2, 0.25) is 0 Å². The number of alkyl halides is 1. The molecule has 0 amide bonds. The van der Waals surface area contributed by atoms with E-state index in [1.807, 2.05) is 0 Å². The molecule has 5 nitrogen and oxygen atoms in total. The van der Waals surface area contributed by atoms with Gasteiger partial charge in [0.15, 0.2) is 0 Å². The minimum atomic E-state index is -1.07. The van der Waals surface area contributed by atoms with Crippen molar-refractivity contribution in [2.24, 2.45) is 0 Å². The predicted octanol–water partition coefficient (Wildman–Crippen LogP) is 2.43. The van der Waals surface area contributed by atoms with Crippen LogP contribution < -0.4 is 0 Å². The summed E-state index contributed by atoms with van der Waals surface area (Å²) in [5.74, 6) is -1.07. The fourth-order valence-corrected chi connectivity index (χ4v) is 1.82. The second-order valence-corrected chi connectivity index (χ2v) is 3.93. The number of benzene rings is 1. The zero-order valence-electron chi connectivity index (χ0n) is 8.57. The number of rotatable bonds is 4. The summed E-state index contributed by atoms with van der Waals surface area (Å²) in [6.07, 6.45) is -0.329. The highest BCUT2D eigenvalue weighted by Gasteiger charge is 2.19. The Balaban J connectivity index is 3.33. The van der Waals surface area contributed by atoms with Crippen LogP contribution in [0.2, 0.25) is 0 Å². The van der Waals surface area contributed by atoms with E-state index in [0.29, 0.717) is 10.9 Å². The van der Waals surface area contributed by atoms with E-state index >= 15 is 0 Å². The van der Waals surface area contributed by atoms with Crippen LogP contribution in [-0.4, -0.2) is 16.0 Å². The van der Waals surface area contributed by atoms with Crippen molar-refractivity contribution in [2.45, 2.75) is 18.7 Å². The van der Waals surface area contributed by atoms with E-state index in [2.05, 4.69) is 15.9 Å². The maximum atomic E-state index is 10.8. The van der Waals surface area contributed by atoms with Crippen LogP contribution in [0.5, 0.6) is 0 Å². The average molecular weight is 288 g/mol. The van der Waals surface area contributed by atoms with E-state index in [1.165, 1.54) is 6.07 Å². The van der Waals surface area contributed by atoms with E-state index < -0.39 is 10.9 Å². The first kappa shape index (κ1) is 12.6. The zero-order valence-corrected chi connectivity index (χ0v) is 10.2. The lowest BCUT2D eigenvalue weighted by Gasteiger charge is -2.06. The van der Waals surface area contributed by atoms with E-state index in [-0.39, 0.29) is 17.7 Å². The fraction of sp³-hybridized carbons (Fsp3) is 0.300. The van der Waals surface area contributed by atoms with Gasteiger partial charge in [-0.15, -0.1) is 0 Å². The monoisotopic (exact) mass is 287 g/mol. The molecular formula is C10H10BrNO4. The Hall–Kier alpha value is -1.43. The molecule has 0 aliphatic carbocycles. The third-order valence-electron chi connectivity index (χ3n) is 2.19. The quantitative estimate of drug-likeness (QED) is 0.524. The first-order chi connectivity index (χ1) is 7.45. The molecule has 0 aromatic heterocycles. The topological polar surface area (TPSA) is 80.4 Å². The lowest BCUT2D eigenvalue weighted by atomic mass is 10.0. The number of nitrogens with zero attached hydrogens (tertiary/aromatic N) is 1. The summed E-state index contributed by atoms with van der Waals surface area (Å²) >= 11 is 3.21. The number of carboxylic acids is 1. The van der Waals surface area contributed by atoms with E-state index in [4.69, 9.17) is 5.11 Å². The molecule has 0 atom stereocenters. The van der Waals surface area contributed by atoms with Crippen LogP contribution in [0.15, 0.2) is 12.1 Å². The van der Waals surface area contributed by atoms with Gasteiger partial charge in [0.1, 0.15) is 0 Å². The van der Waals surface area contributed by atoms with Gasteiger partial charge in [-0.2, -0.15) is 0 Å². The summed E-state index contributed by atoms with van der Waals surface area (Å²) in [7, 11) is 0. The number of halogens is 1. The molecule has 1 aromatic carbocycles. The summed E-state index contributed by atoms with van der Waals surface area (Å²) in [6, 6.07) is 3.15. The molecule has 16 heavy (non-hydrogen) atoms. The first-order valence-corrected chi connectivity index (χ1v) is 5.62. The van der Waals surface area contributed by atoms with Crippen molar-refractivity contribution in [3.8, 4) is 0 Å². The normalized spacial score (nSPS) is 10.1. The Morgan fingerprint density at radius 2 is 2.19 bits per heavy atom. The molecule has 0 aliphatic rings. The molecule has 0 radical (unpaired) electrons. The minimum absolute atomic E-state index is 0.128. The van der Waals surface area contributed by atoms with Crippen molar-refractivity contribution in [2.75, 3.05) is 0 Å². The highest BCUT2D eigenvalue weighted by molar-refractivity contribution is 9.08. The fourth-order valence-electron chi connectivity index (χ4n) is 1.49. The molecule has 0 heterocycles. The number of aliphatic carboxylic acids is 1. The highest BCUT2D eigenvalue weighted by Crippen LogP contribution is 2.26. The summed E-state index contributed by atoms with van der Waals surface area (Å²) < 4.78 is 0. The molecule has 0 saturated heterocycles. The largest absolute Gasteiger partial charge is 0.481 e. The van der Waals surface area contributed by atoms with Crippen LogP contribution in [0, 0.1) is 17.0 Å². The molecule has 0 unspecified atom stereocenters. The molecular weight excluding hydrogens is 278 g/mol. The van der Waals surface area contributed by atoms with Crippen molar-refractivity contribution in [1.82, 2.24) is 0 Å². The Labute approximate surface area is 100 Å². The van der Waals surface area contributed by atoms with Crippen molar-refractivity contribution < 1.29 is 14.8 Å². The summed E-state index contributed by atoms with van der Waals surface area (Å²) in [6.45, 7) is 1.68. The molecule has 0 saturated carbocycles. The number of nitro benzene ring substituents is 1. The number of aryl methyl sites for hydroxylation is 1. The van der Waals surface area contributed by atoms with Crippen LogP contribution in [0.1, 0.15) is 16.7 Å². The molecule has 0 aliphatic heterocycles. The van der Waals surface area contributed by atoms with Gasteiger partial charge >= 0.3 is 5.97 Å². The van der Waals surface area contributed by atoms with Gasteiger partial charge in [0.05, 0.1) is 11.3 Å². The average Bonchev–Trinajstić information content (AvgIpc) is 2.19. The molecule has 1 aromatic rings. The van der Waals surface area contributed by atoms with Crippen LogP contribution in [0.4, 0.5) is 5.69 Å². The van der Waals surface area contributed by atoms with Gasteiger partial charge in [0, 0.05) is 17.0 Å². The van der Waals surface area contributed by atoms with Crippen LogP contribution >= 0.6 is 15.9 Å². The van der Waals surface area contributed by atoms with Gasteiger partial charge in [-0.1, -0.05) is 22.0 Å². The van der Waals surface area contributed by atoms with Crippen molar-refractivity contribution in [1.29, 1.82) is 0 Å². The van der Waals surface area contributed by atoms with Gasteiger partial charge in [-0.3, -0.25) is 14.9 Å². The maximum absolute atomic E-state index is 10.8. The molecule has 1 N–H and O–H groups in total. The van der Waals surface area contributed by atoms with E-state index in [0.717, 1.165) is 5.56 Å². The third kappa shape index (κ3) is 2.79. The molecule has 0 spiro atoms. The van der Waals surface area contributed by atoms with Crippen molar-refractivity contribution in [3.63, 3.8) is 0 Å². The van der Waals surface area contributed by atoms with E-state index in [9.17, 15) is 14.9 Å². The van der Waals surface area contributed by atoms with Crippen LogP contribution in [0.25, 0.3) is 0 Å². The first-order valence-electron chi connectivity index (χ1n) is 4.50. The maximum Gasteiger partial charge on any atom is 0.308 e. The Morgan fingerprint density at radius 3 is 2.62 bits per heavy atom. The number of carbonyl (C=O) groups is 1. The van der Waals surface area contributed by atoms with Gasteiger partial charge in [0.25, 0.3) is 5.69 Å². The molecule has 6 heteroatoms. The van der Waals surface area contributed by atoms with Gasteiger partial charge in [-0.25, -0.2) is 0 Å². The lowest BCUT2D eigenvalue weighted by Crippen LogP contribution is -2.06. The summed E-state index contributed by atoms with van der Waals surface area (Å²) in [4.78, 5) is 20.9. The predicted molar refractivity (Wildman–Crippen MR) is 61.8 cm³/mol. The SMILES string of the molecule is Cc1cc(CBr)cc([N+](=O)[O-])c1CC(=O)O. The zero-order chi connectivity index (χ0) is 12.3. The standard InChI is InChI=1S/C10H10BrNO4/c1-6-2-7(5-11)3-9(12(15)16)8(6)4-10(13)14/h2-3H,4-5H2,1H3,(H,13,14). The van der Waals surface area contributed by atoms with Crippen molar-refractivity contribution >= 4 is 27.6 Å². The Kier molecular flexibility index (Phi) is 4.00. The van der Waals surface area contributed by atoms with Crippen LogP contribution in [0.3, 0.4) is 0 Å². The Bertz CT molecular complexity index is 445. The van der Waals surface area contributed by atoms with Gasteiger partial charge in [-0.05, 0) is 18.1 Å². The molecule has 0 bridgehead atoms. The number of hydrogen-bond donors (Lipinski definition) is 1. The molecule has 0 fully saturated rings. The number of hydrogen-bond acceptors (Lipinski definition) is 3. The smallest absolute Gasteiger partial charge is 0.308 e. The minimum Gasteiger partial charge on any atom is -0.481 e. The number of nitro groups is 1. The summed E-state index contributed by atoms with van der Waals surface area (Å²) in [5.41, 5.74) is 1.53. The number of carboxylic acid groups (broad SMARTS) is 1. The van der Waals surface area contributed by atoms with E-state index in [1.54, 1.807) is 13.0 Å².